The third-order valence-electron chi connectivity index (χ3n) is 8.89. The molecule has 24 nitrogen and oxygen atoms in total. The predicted octanol–water partition coefficient (Wildman–Crippen LogP) is 1.50. The zero-order chi connectivity index (χ0) is 49.9. The van der Waals surface area contributed by atoms with Gasteiger partial charge in [-0.05, 0) is 84.9 Å². The van der Waals surface area contributed by atoms with Crippen LogP contribution in [-0.4, -0.2) is 131 Å². The van der Waals surface area contributed by atoms with Gasteiger partial charge >= 0.3 is 35.8 Å². The summed E-state index contributed by atoms with van der Waals surface area (Å²) in [4.78, 5) is 97.8. The topological polar surface area (TPSA) is 397 Å². The highest BCUT2D eigenvalue weighted by molar-refractivity contribution is 6.02. The first-order valence-corrected chi connectivity index (χ1v) is 19.8. The molecule has 24 heteroatoms. The van der Waals surface area contributed by atoms with Crippen molar-refractivity contribution in [3.8, 4) is 23.0 Å². The Morgan fingerprint density at radius 2 is 0.779 bits per heavy atom. The largest absolute Gasteiger partial charge is 0.491 e. The molecular formula is C44H44N6O18. The molecule has 0 spiro atoms. The minimum Gasteiger partial charge on any atom is -0.491 e. The molecule has 4 rings (SSSR count). The second kappa shape index (κ2) is 25.0. The van der Waals surface area contributed by atoms with Crippen LogP contribution < -0.4 is 41.0 Å². The van der Waals surface area contributed by atoms with Crippen molar-refractivity contribution in [2.24, 2.45) is 11.5 Å². The molecule has 0 heterocycles. The van der Waals surface area contributed by atoms with Gasteiger partial charge in [-0.2, -0.15) is 0 Å². The monoisotopic (exact) mass is 944 g/mol. The van der Waals surface area contributed by atoms with Crippen LogP contribution in [0.4, 0.5) is 0 Å². The molecule has 0 saturated heterocycles. The van der Waals surface area contributed by atoms with Crippen molar-refractivity contribution in [3.05, 3.63) is 118 Å². The standard InChI is InChI=1S/C44H44N6O18/c45-37(46)23-1-5-29(6-2-23)67-43(61)27-15-25(39(55)49-33(41(57)58)21-35(51)52)17-31(19-27)65-13-11-63-9-10-64-12-14-66-32-18-26(40(56)50-34(42(59)60)22-36(53)54)16-28(20-32)44(62)68-30-7-3-24(4-8-30)38(47)48/h1-8,15-20,33-34H,9-14,21-22H2,(H3,45,46)(H3,47,48)(H,49,55)(H,50,56)(H,51,52)(H,53,54)(H,57,58)(H,59,60)/t33-,34-/m0/s1. The number of ether oxygens (including phenoxy) is 6. The van der Waals surface area contributed by atoms with Crippen molar-refractivity contribution in [2.45, 2.75) is 24.9 Å². The minimum absolute atomic E-state index is 0.0338. The number of amidine groups is 2. The Labute approximate surface area is 384 Å². The van der Waals surface area contributed by atoms with Gasteiger partial charge in [0.2, 0.25) is 0 Å². The van der Waals surface area contributed by atoms with Gasteiger partial charge in [0.05, 0.1) is 50.4 Å². The number of carboxylic acid groups (broad SMARTS) is 4. The molecule has 4 aromatic rings. The number of hydrogen-bond donors (Lipinski definition) is 10. The van der Waals surface area contributed by atoms with E-state index in [1.165, 1.54) is 72.8 Å². The van der Waals surface area contributed by atoms with E-state index in [4.69, 9.17) is 60.9 Å². The summed E-state index contributed by atoms with van der Waals surface area (Å²) in [5.41, 5.74) is 10.7. The molecule has 4 aromatic carbocycles. The van der Waals surface area contributed by atoms with E-state index in [-0.39, 0.29) is 96.6 Å². The molecule has 2 atom stereocenters. The summed E-state index contributed by atoms with van der Waals surface area (Å²) in [5, 5.41) is 56.2. The fraction of sp³-hybridized carbons (Fsp3) is 0.227. The van der Waals surface area contributed by atoms with Gasteiger partial charge in [0, 0.05) is 22.3 Å². The summed E-state index contributed by atoms with van der Waals surface area (Å²) in [6.07, 6.45) is -1.86. The lowest BCUT2D eigenvalue weighted by Crippen LogP contribution is -2.42. The average Bonchev–Trinajstić information content (AvgIpc) is 3.28. The smallest absolute Gasteiger partial charge is 0.343 e. The number of rotatable bonds is 27. The molecule has 0 aliphatic carbocycles. The van der Waals surface area contributed by atoms with Crippen molar-refractivity contribution in [3.63, 3.8) is 0 Å². The highest BCUT2D eigenvalue weighted by atomic mass is 16.6. The van der Waals surface area contributed by atoms with Gasteiger partial charge in [-0.1, -0.05) is 0 Å². The molecule has 0 aliphatic rings. The SMILES string of the molecule is N=C(N)c1ccc(OC(=O)c2cc(OCCOCCOCCOc3cc(C(=O)N[C@@H](CC(=O)O)C(=O)O)cc(C(=O)Oc4ccc(C(=N)N)cc4)c3)cc(C(=O)N[C@@H](CC(=O)O)C(=O)O)c2)cc1. The number of nitrogen functional groups attached to an aromatic ring is 2. The normalized spacial score (nSPS) is 11.5. The van der Waals surface area contributed by atoms with Crippen LogP contribution in [0.25, 0.3) is 0 Å². The average molecular weight is 945 g/mol. The lowest BCUT2D eigenvalue weighted by molar-refractivity contribution is -0.145. The fourth-order valence-corrected chi connectivity index (χ4v) is 5.59. The first-order chi connectivity index (χ1) is 32.3. The van der Waals surface area contributed by atoms with Crippen LogP contribution in [0, 0.1) is 10.8 Å². The number of carboxylic acids is 4. The first kappa shape index (κ1) is 51.7. The molecule has 0 bridgehead atoms. The molecule has 12 N–H and O–H groups in total. The number of carbonyl (C=O) groups is 8. The number of amides is 2. The number of carbonyl (C=O) groups excluding carboxylic acids is 4. The van der Waals surface area contributed by atoms with Crippen LogP contribution in [0.15, 0.2) is 84.9 Å². The quantitative estimate of drug-likeness (QED) is 0.0133. The molecule has 0 aromatic heterocycles. The molecule has 358 valence electrons. The third-order valence-corrected chi connectivity index (χ3v) is 8.89. The minimum atomic E-state index is -1.80. The van der Waals surface area contributed by atoms with E-state index < -0.39 is 72.6 Å². The van der Waals surface area contributed by atoms with E-state index in [0.717, 1.165) is 12.1 Å². The maximum absolute atomic E-state index is 13.1. The number of hydrogen-bond acceptors (Lipinski definition) is 16. The maximum atomic E-state index is 13.1. The second-order valence-corrected chi connectivity index (χ2v) is 14.0. The Morgan fingerprint density at radius 1 is 0.456 bits per heavy atom. The maximum Gasteiger partial charge on any atom is 0.343 e. The van der Waals surface area contributed by atoms with Crippen LogP contribution in [0.5, 0.6) is 23.0 Å². The Balaban J connectivity index is 1.33. The van der Waals surface area contributed by atoms with Gasteiger partial charge in [0.25, 0.3) is 11.8 Å². The van der Waals surface area contributed by atoms with E-state index >= 15 is 0 Å². The third kappa shape index (κ3) is 16.6. The Morgan fingerprint density at radius 3 is 1.09 bits per heavy atom. The lowest BCUT2D eigenvalue weighted by Gasteiger charge is -2.15. The molecule has 0 aliphatic heterocycles. The molecular weight excluding hydrogens is 901 g/mol. The van der Waals surface area contributed by atoms with E-state index in [2.05, 4.69) is 10.6 Å². The van der Waals surface area contributed by atoms with Gasteiger partial charge in [-0.3, -0.25) is 30.0 Å². The molecule has 68 heavy (non-hydrogen) atoms. The summed E-state index contributed by atoms with van der Waals surface area (Å²) in [6, 6.07) is 14.7. The predicted molar refractivity (Wildman–Crippen MR) is 233 cm³/mol. The zero-order valence-corrected chi connectivity index (χ0v) is 35.6. The van der Waals surface area contributed by atoms with Gasteiger partial charge in [-0.15, -0.1) is 0 Å². The number of aliphatic carboxylic acids is 4. The molecule has 0 saturated carbocycles. The van der Waals surface area contributed by atoms with Crippen molar-refractivity contribution in [1.82, 2.24) is 10.6 Å². The van der Waals surface area contributed by atoms with E-state index in [1.807, 2.05) is 0 Å². The zero-order valence-electron chi connectivity index (χ0n) is 35.6. The Kier molecular flexibility index (Phi) is 19.0. The summed E-state index contributed by atoms with van der Waals surface area (Å²) in [7, 11) is 0. The summed E-state index contributed by atoms with van der Waals surface area (Å²) < 4.78 is 33.2. The lowest BCUT2D eigenvalue weighted by atomic mass is 10.1. The van der Waals surface area contributed by atoms with E-state index in [1.54, 1.807) is 0 Å². The van der Waals surface area contributed by atoms with Crippen LogP contribution in [0.3, 0.4) is 0 Å². The Hall–Kier alpha value is -8.90. The Bertz CT molecular complexity index is 2370. The van der Waals surface area contributed by atoms with Crippen LogP contribution in [0.1, 0.15) is 65.4 Å². The first-order valence-electron chi connectivity index (χ1n) is 19.8. The van der Waals surface area contributed by atoms with Crippen LogP contribution in [0.2, 0.25) is 0 Å². The molecule has 0 fully saturated rings. The van der Waals surface area contributed by atoms with E-state index in [0.29, 0.717) is 11.1 Å². The number of nitrogens with one attached hydrogen (secondary N) is 4. The van der Waals surface area contributed by atoms with Gasteiger partial charge in [0.15, 0.2) is 0 Å². The van der Waals surface area contributed by atoms with Crippen LogP contribution >= 0.6 is 0 Å². The molecule has 0 unspecified atom stereocenters. The highest BCUT2D eigenvalue weighted by Crippen LogP contribution is 2.23. The highest BCUT2D eigenvalue weighted by Gasteiger charge is 2.26. The molecule has 2 amide bonds. The number of benzene rings is 4. The van der Waals surface area contributed by atoms with Gasteiger partial charge < -0.3 is 70.9 Å². The van der Waals surface area contributed by atoms with Crippen molar-refractivity contribution < 1.29 is 87.2 Å². The fourth-order valence-electron chi connectivity index (χ4n) is 5.59. The van der Waals surface area contributed by atoms with Gasteiger partial charge in [-0.25, -0.2) is 19.2 Å². The summed E-state index contributed by atoms with van der Waals surface area (Å²) in [5.74, 6) is -10.5. The molecule has 0 radical (unpaired) electrons. The number of esters is 2. The van der Waals surface area contributed by atoms with Crippen molar-refractivity contribution in [1.29, 1.82) is 10.8 Å². The summed E-state index contributed by atoms with van der Waals surface area (Å²) in [6.45, 7) is -0.274. The summed E-state index contributed by atoms with van der Waals surface area (Å²) >= 11 is 0. The second-order valence-electron chi connectivity index (χ2n) is 14.0. The van der Waals surface area contributed by atoms with Gasteiger partial charge in [0.1, 0.15) is 60.0 Å². The van der Waals surface area contributed by atoms with Crippen LogP contribution in [-0.2, 0) is 28.7 Å². The number of nitrogens with two attached hydrogens (primary N) is 2. The van der Waals surface area contributed by atoms with Crippen molar-refractivity contribution in [2.75, 3.05) is 39.6 Å². The van der Waals surface area contributed by atoms with Crippen molar-refractivity contribution >= 4 is 59.3 Å². The van der Waals surface area contributed by atoms with E-state index in [9.17, 15) is 48.6 Å².